The maximum Gasteiger partial charge on any atom is 0.282 e. The predicted molar refractivity (Wildman–Crippen MR) is 122 cm³/mol. The maximum absolute atomic E-state index is 13.1. The fourth-order valence-electron chi connectivity index (χ4n) is 4.12. The number of benzene rings is 2. The third-order valence-electron chi connectivity index (χ3n) is 6.13. The summed E-state index contributed by atoms with van der Waals surface area (Å²) in [6.45, 7) is 10.6. The summed E-state index contributed by atoms with van der Waals surface area (Å²) in [6.07, 6.45) is 2.91. The van der Waals surface area contributed by atoms with Crippen LogP contribution in [0.25, 0.3) is 5.57 Å². The third-order valence-corrected chi connectivity index (χ3v) is 7.43. The van der Waals surface area contributed by atoms with Crippen LogP contribution < -0.4 is 0 Å². The highest BCUT2D eigenvalue weighted by Gasteiger charge is 2.44. The molecule has 3 nitrogen and oxygen atoms in total. The quantitative estimate of drug-likeness (QED) is 0.551. The van der Waals surface area contributed by atoms with Crippen LogP contribution in [0.4, 0.5) is 0 Å². The molecule has 0 bridgehead atoms. The Hall–Kier alpha value is -2.20. The number of hydrogen-bond donors (Lipinski definition) is 0. The van der Waals surface area contributed by atoms with Crippen molar-refractivity contribution in [3.8, 4) is 0 Å². The van der Waals surface area contributed by atoms with Gasteiger partial charge in [0, 0.05) is 5.92 Å². The molecule has 0 N–H and O–H groups in total. The number of nitrogens with zero attached hydrogens (tertiary/aromatic N) is 1. The summed E-state index contributed by atoms with van der Waals surface area (Å²) in [6, 6.07) is 17.3. The first-order chi connectivity index (χ1) is 13.7. The Balaban J connectivity index is 2.19. The van der Waals surface area contributed by atoms with Crippen LogP contribution in [0.15, 0.2) is 69.5 Å². The first-order valence-electron chi connectivity index (χ1n) is 10.4. The summed E-state index contributed by atoms with van der Waals surface area (Å²) in [5.41, 5.74) is 5.06. The predicted octanol–water partition coefficient (Wildman–Crippen LogP) is 6.44. The van der Waals surface area contributed by atoms with Crippen molar-refractivity contribution in [3.63, 3.8) is 0 Å². The molecule has 29 heavy (non-hydrogen) atoms. The van der Waals surface area contributed by atoms with E-state index in [0.717, 1.165) is 41.7 Å². The van der Waals surface area contributed by atoms with Gasteiger partial charge in [0.15, 0.2) is 0 Å². The van der Waals surface area contributed by atoms with Crippen LogP contribution in [0.2, 0.25) is 0 Å². The normalized spacial score (nSPS) is 20.4. The highest BCUT2D eigenvalue weighted by Crippen LogP contribution is 2.51. The summed E-state index contributed by atoms with van der Waals surface area (Å²) in [7, 11) is -3.75. The first kappa shape index (κ1) is 21.5. The minimum Gasteiger partial charge on any atom is -0.199 e. The van der Waals surface area contributed by atoms with Crippen LogP contribution in [0.5, 0.6) is 0 Å². The standard InChI is InChI=1S/C25H31NO2S/c1-6-7-13-22-23(20-11-9-8-10-12-20)25(4,5)19(3)24(22)26-29(27,28)21-16-14-18(2)15-17-21/h8-12,14-17,19H,6-7,13H2,1-5H3/b26-24+. The van der Waals surface area contributed by atoms with Gasteiger partial charge >= 0.3 is 0 Å². The van der Waals surface area contributed by atoms with Crippen LogP contribution in [-0.2, 0) is 10.0 Å². The van der Waals surface area contributed by atoms with Crippen molar-refractivity contribution in [1.82, 2.24) is 0 Å². The summed E-state index contributed by atoms with van der Waals surface area (Å²) in [4.78, 5) is 0.253. The SMILES string of the molecule is CCCCC1=C(c2ccccc2)C(C)(C)C(C)/C1=N\S(=O)(=O)c1ccc(C)cc1. The number of aryl methyl sites for hydroxylation is 1. The van der Waals surface area contributed by atoms with Gasteiger partial charge in [-0.3, -0.25) is 0 Å². The first-order valence-corrected chi connectivity index (χ1v) is 11.8. The molecule has 1 unspecified atom stereocenters. The molecule has 0 aromatic heterocycles. The van der Waals surface area contributed by atoms with Crippen LogP contribution in [-0.4, -0.2) is 14.1 Å². The molecular formula is C25H31NO2S. The zero-order valence-corrected chi connectivity index (χ0v) is 18.9. The molecule has 3 rings (SSSR count). The highest BCUT2D eigenvalue weighted by molar-refractivity contribution is 7.90. The average Bonchev–Trinajstić information content (AvgIpc) is 2.87. The Kier molecular flexibility index (Phi) is 6.13. The molecule has 1 aliphatic carbocycles. The fourth-order valence-corrected chi connectivity index (χ4v) is 5.23. The number of unbranched alkanes of at least 4 members (excludes halogenated alkanes) is 1. The molecule has 2 aromatic carbocycles. The molecule has 0 spiro atoms. The molecule has 1 atom stereocenters. The van der Waals surface area contributed by atoms with Crippen molar-refractivity contribution in [3.05, 3.63) is 71.3 Å². The Morgan fingerprint density at radius 2 is 1.62 bits per heavy atom. The number of sulfonamides is 1. The lowest BCUT2D eigenvalue weighted by Crippen LogP contribution is -2.23. The van der Waals surface area contributed by atoms with E-state index in [1.165, 1.54) is 5.57 Å². The second kappa shape index (κ2) is 8.27. The van der Waals surface area contributed by atoms with Crippen molar-refractivity contribution < 1.29 is 8.42 Å². The van der Waals surface area contributed by atoms with Crippen LogP contribution in [0.1, 0.15) is 58.1 Å². The topological polar surface area (TPSA) is 46.5 Å². The molecule has 0 heterocycles. The maximum atomic E-state index is 13.1. The Labute approximate surface area is 175 Å². The molecule has 2 aromatic rings. The van der Waals surface area contributed by atoms with Crippen molar-refractivity contribution >= 4 is 21.3 Å². The van der Waals surface area contributed by atoms with Gasteiger partial charge in [0.2, 0.25) is 0 Å². The largest absolute Gasteiger partial charge is 0.282 e. The monoisotopic (exact) mass is 409 g/mol. The summed E-state index contributed by atoms with van der Waals surface area (Å²) < 4.78 is 30.6. The van der Waals surface area contributed by atoms with Crippen LogP contribution in [0, 0.1) is 18.3 Å². The Morgan fingerprint density at radius 3 is 2.21 bits per heavy atom. The van der Waals surface area contributed by atoms with E-state index >= 15 is 0 Å². The lowest BCUT2D eigenvalue weighted by atomic mass is 9.75. The van der Waals surface area contributed by atoms with Crippen molar-refractivity contribution in [1.29, 1.82) is 0 Å². The molecular weight excluding hydrogens is 378 g/mol. The second-order valence-corrected chi connectivity index (χ2v) is 10.1. The van der Waals surface area contributed by atoms with Crippen molar-refractivity contribution in [2.75, 3.05) is 0 Å². The average molecular weight is 410 g/mol. The van der Waals surface area contributed by atoms with E-state index in [-0.39, 0.29) is 16.2 Å². The van der Waals surface area contributed by atoms with Crippen LogP contribution >= 0.6 is 0 Å². The molecule has 4 heteroatoms. The zero-order valence-electron chi connectivity index (χ0n) is 18.1. The minimum atomic E-state index is -3.75. The van der Waals surface area contributed by atoms with Gasteiger partial charge in [0.05, 0.1) is 10.6 Å². The van der Waals surface area contributed by atoms with Crippen LogP contribution in [0.3, 0.4) is 0 Å². The van der Waals surface area contributed by atoms with Gasteiger partial charge in [-0.1, -0.05) is 82.1 Å². The van der Waals surface area contributed by atoms with Gasteiger partial charge in [-0.15, -0.1) is 0 Å². The van der Waals surface area contributed by atoms with Gasteiger partial charge in [-0.25, -0.2) is 0 Å². The van der Waals surface area contributed by atoms with Gasteiger partial charge in [-0.05, 0) is 54.0 Å². The van der Waals surface area contributed by atoms with E-state index in [0.29, 0.717) is 0 Å². The van der Waals surface area contributed by atoms with Crippen molar-refractivity contribution in [2.24, 2.45) is 15.7 Å². The van der Waals surface area contributed by atoms with E-state index in [9.17, 15) is 8.42 Å². The second-order valence-electron chi connectivity index (χ2n) is 8.53. The molecule has 0 aliphatic heterocycles. The van der Waals surface area contributed by atoms with E-state index in [4.69, 9.17) is 0 Å². The molecule has 0 saturated carbocycles. The molecule has 0 amide bonds. The van der Waals surface area contributed by atoms with Gasteiger partial charge in [-0.2, -0.15) is 12.8 Å². The lowest BCUT2D eigenvalue weighted by molar-refractivity contribution is 0.420. The highest BCUT2D eigenvalue weighted by atomic mass is 32.2. The van der Waals surface area contributed by atoms with E-state index in [1.807, 2.05) is 37.3 Å². The van der Waals surface area contributed by atoms with Gasteiger partial charge in [0.25, 0.3) is 10.0 Å². The Morgan fingerprint density at radius 1 is 1.00 bits per heavy atom. The molecule has 1 aliphatic rings. The van der Waals surface area contributed by atoms with Gasteiger partial charge in [0.1, 0.15) is 0 Å². The van der Waals surface area contributed by atoms with E-state index in [2.05, 4.69) is 44.2 Å². The molecule has 0 fully saturated rings. The van der Waals surface area contributed by atoms with Crippen molar-refractivity contribution in [2.45, 2.75) is 58.8 Å². The number of allylic oxidation sites excluding steroid dienone is 2. The number of rotatable bonds is 6. The molecule has 0 radical (unpaired) electrons. The summed E-state index contributed by atoms with van der Waals surface area (Å²) >= 11 is 0. The van der Waals surface area contributed by atoms with Gasteiger partial charge < -0.3 is 0 Å². The van der Waals surface area contributed by atoms with E-state index < -0.39 is 10.0 Å². The number of hydrogen-bond acceptors (Lipinski definition) is 2. The minimum absolute atomic E-state index is 0.0183. The molecule has 154 valence electrons. The summed E-state index contributed by atoms with van der Waals surface area (Å²) in [5.74, 6) is 0.0183. The fraction of sp³-hybridized carbons (Fsp3) is 0.400. The molecule has 0 saturated heterocycles. The summed E-state index contributed by atoms with van der Waals surface area (Å²) in [5, 5.41) is 0. The Bertz CT molecular complexity index is 1030. The zero-order chi connectivity index (χ0) is 21.2. The lowest BCUT2D eigenvalue weighted by Gasteiger charge is -2.28. The smallest absolute Gasteiger partial charge is 0.199 e. The third kappa shape index (κ3) is 4.23. The van der Waals surface area contributed by atoms with E-state index in [1.54, 1.807) is 12.1 Å².